The molecule has 3 atom stereocenters. The third-order valence-corrected chi connectivity index (χ3v) is 3.84. The number of aliphatic hydroxyl groups excluding tert-OH is 1. The molecular weight excluding hydrogens is 266 g/mol. The Balaban J connectivity index is 1.97. The van der Waals surface area contributed by atoms with Gasteiger partial charge in [-0.2, -0.15) is 0 Å². The van der Waals surface area contributed by atoms with Gasteiger partial charge >= 0.3 is 0 Å². The first-order valence-corrected chi connectivity index (χ1v) is 6.65. The maximum absolute atomic E-state index is 9.76. The molecule has 16 heavy (non-hydrogen) atoms. The van der Waals surface area contributed by atoms with E-state index in [-0.39, 0.29) is 12.1 Å². The molecule has 2 nitrogen and oxygen atoms in total. The maximum atomic E-state index is 9.76. The summed E-state index contributed by atoms with van der Waals surface area (Å²) in [5, 5.41) is 13.3. The monoisotopic (exact) mass is 283 g/mol. The van der Waals surface area contributed by atoms with Gasteiger partial charge in [-0.25, -0.2) is 0 Å². The van der Waals surface area contributed by atoms with Crippen LogP contribution in [0.2, 0.25) is 0 Å². The molecule has 0 saturated heterocycles. The van der Waals surface area contributed by atoms with Crippen molar-refractivity contribution in [3.05, 3.63) is 34.3 Å². The summed E-state index contributed by atoms with van der Waals surface area (Å²) in [6.07, 6.45) is 2.98. The molecule has 1 aliphatic carbocycles. The van der Waals surface area contributed by atoms with E-state index in [1.54, 1.807) is 0 Å². The average Bonchev–Trinajstić information content (AvgIpc) is 2.65. The standard InChI is InChI=1S/C13H18BrNO/c1-9(10-5-7-11(14)8-6-10)15-12-3-2-4-13(12)16/h5-9,12-13,15-16H,2-4H2,1H3/t9-,12?,13?/m1/s1. The quantitative estimate of drug-likeness (QED) is 0.894. The highest BCUT2D eigenvalue weighted by atomic mass is 79.9. The summed E-state index contributed by atoms with van der Waals surface area (Å²) < 4.78 is 1.10. The predicted octanol–water partition coefficient (Wildman–Crippen LogP) is 3.01. The smallest absolute Gasteiger partial charge is 0.0693 e. The molecule has 0 heterocycles. The van der Waals surface area contributed by atoms with E-state index in [4.69, 9.17) is 0 Å². The Labute approximate surface area is 105 Å². The van der Waals surface area contributed by atoms with Gasteiger partial charge in [0.15, 0.2) is 0 Å². The van der Waals surface area contributed by atoms with E-state index < -0.39 is 0 Å². The zero-order valence-electron chi connectivity index (χ0n) is 9.49. The van der Waals surface area contributed by atoms with Gasteiger partial charge in [0, 0.05) is 16.6 Å². The maximum Gasteiger partial charge on any atom is 0.0693 e. The van der Waals surface area contributed by atoms with Crippen molar-refractivity contribution in [2.24, 2.45) is 0 Å². The van der Waals surface area contributed by atoms with Crippen LogP contribution in [0.4, 0.5) is 0 Å². The van der Waals surface area contributed by atoms with E-state index in [0.717, 1.165) is 23.7 Å². The molecule has 0 bridgehead atoms. The molecule has 0 aromatic heterocycles. The van der Waals surface area contributed by atoms with Gasteiger partial charge in [-0.1, -0.05) is 28.1 Å². The van der Waals surface area contributed by atoms with Gasteiger partial charge < -0.3 is 10.4 Å². The minimum Gasteiger partial charge on any atom is -0.392 e. The lowest BCUT2D eigenvalue weighted by Gasteiger charge is -2.22. The highest BCUT2D eigenvalue weighted by Crippen LogP contribution is 2.23. The molecule has 0 aliphatic heterocycles. The fourth-order valence-electron chi connectivity index (χ4n) is 2.30. The SMILES string of the molecule is C[C@@H](NC1CCCC1O)c1ccc(Br)cc1. The lowest BCUT2D eigenvalue weighted by molar-refractivity contribution is 0.144. The van der Waals surface area contributed by atoms with Crippen LogP contribution < -0.4 is 5.32 Å². The largest absolute Gasteiger partial charge is 0.392 e. The van der Waals surface area contributed by atoms with Crippen LogP contribution >= 0.6 is 15.9 Å². The van der Waals surface area contributed by atoms with Crippen LogP contribution in [0.25, 0.3) is 0 Å². The van der Waals surface area contributed by atoms with E-state index in [1.807, 2.05) is 0 Å². The molecular formula is C13H18BrNO. The molecule has 1 aromatic rings. The Kier molecular flexibility index (Phi) is 4.00. The van der Waals surface area contributed by atoms with Crippen molar-refractivity contribution in [3.8, 4) is 0 Å². The Morgan fingerprint density at radius 2 is 2.00 bits per heavy atom. The molecule has 0 radical (unpaired) electrons. The second-order valence-electron chi connectivity index (χ2n) is 4.54. The zero-order chi connectivity index (χ0) is 11.5. The molecule has 0 amide bonds. The summed E-state index contributed by atoms with van der Waals surface area (Å²) in [6.45, 7) is 2.15. The van der Waals surface area contributed by atoms with Crippen molar-refractivity contribution in [3.63, 3.8) is 0 Å². The number of hydrogen-bond donors (Lipinski definition) is 2. The lowest BCUT2D eigenvalue weighted by Crippen LogP contribution is -2.37. The third kappa shape index (κ3) is 2.84. The molecule has 1 fully saturated rings. The van der Waals surface area contributed by atoms with Crippen LogP contribution in [-0.4, -0.2) is 17.3 Å². The molecule has 1 aliphatic rings. The third-order valence-electron chi connectivity index (χ3n) is 3.31. The Morgan fingerprint density at radius 3 is 2.56 bits per heavy atom. The van der Waals surface area contributed by atoms with Crippen molar-refractivity contribution in [2.45, 2.75) is 44.4 Å². The highest BCUT2D eigenvalue weighted by molar-refractivity contribution is 9.10. The van der Waals surface area contributed by atoms with Crippen LogP contribution in [0.3, 0.4) is 0 Å². The fourth-order valence-corrected chi connectivity index (χ4v) is 2.57. The molecule has 1 saturated carbocycles. The summed E-state index contributed by atoms with van der Waals surface area (Å²) in [5.74, 6) is 0. The summed E-state index contributed by atoms with van der Waals surface area (Å²) in [4.78, 5) is 0. The van der Waals surface area contributed by atoms with Gasteiger partial charge in [0.05, 0.1) is 6.10 Å². The van der Waals surface area contributed by atoms with E-state index >= 15 is 0 Å². The predicted molar refractivity (Wildman–Crippen MR) is 69.3 cm³/mol. The van der Waals surface area contributed by atoms with Gasteiger partial charge in [-0.3, -0.25) is 0 Å². The van der Waals surface area contributed by atoms with Crippen LogP contribution in [0, 0.1) is 0 Å². The molecule has 1 aromatic carbocycles. The topological polar surface area (TPSA) is 32.3 Å². The number of benzene rings is 1. The second-order valence-corrected chi connectivity index (χ2v) is 5.46. The number of nitrogens with one attached hydrogen (secondary N) is 1. The first kappa shape index (κ1) is 12.1. The van der Waals surface area contributed by atoms with Crippen molar-refractivity contribution in [1.82, 2.24) is 5.32 Å². The van der Waals surface area contributed by atoms with Gasteiger partial charge in [0.25, 0.3) is 0 Å². The summed E-state index contributed by atoms with van der Waals surface area (Å²) >= 11 is 3.43. The highest BCUT2D eigenvalue weighted by Gasteiger charge is 2.26. The molecule has 2 rings (SSSR count). The van der Waals surface area contributed by atoms with E-state index in [0.29, 0.717) is 6.04 Å². The van der Waals surface area contributed by atoms with Crippen LogP contribution in [0.5, 0.6) is 0 Å². The Morgan fingerprint density at radius 1 is 1.31 bits per heavy atom. The lowest BCUT2D eigenvalue weighted by atomic mass is 10.1. The van der Waals surface area contributed by atoms with Gasteiger partial charge in [-0.05, 0) is 43.9 Å². The van der Waals surface area contributed by atoms with Crippen molar-refractivity contribution < 1.29 is 5.11 Å². The molecule has 2 N–H and O–H groups in total. The summed E-state index contributed by atoms with van der Waals surface area (Å²) in [6, 6.07) is 8.90. The number of rotatable bonds is 3. The van der Waals surface area contributed by atoms with E-state index in [1.165, 1.54) is 5.56 Å². The number of halogens is 1. The molecule has 3 heteroatoms. The van der Waals surface area contributed by atoms with E-state index in [2.05, 4.69) is 52.4 Å². The van der Waals surface area contributed by atoms with Crippen LogP contribution in [0.1, 0.15) is 37.8 Å². The van der Waals surface area contributed by atoms with Gasteiger partial charge in [-0.15, -0.1) is 0 Å². The van der Waals surface area contributed by atoms with Gasteiger partial charge in [0.1, 0.15) is 0 Å². The Bertz CT molecular complexity index is 338. The van der Waals surface area contributed by atoms with Crippen molar-refractivity contribution >= 4 is 15.9 Å². The van der Waals surface area contributed by atoms with E-state index in [9.17, 15) is 5.11 Å². The first-order valence-electron chi connectivity index (χ1n) is 5.86. The van der Waals surface area contributed by atoms with Crippen LogP contribution in [-0.2, 0) is 0 Å². The Hall–Kier alpha value is -0.380. The van der Waals surface area contributed by atoms with Crippen molar-refractivity contribution in [2.75, 3.05) is 0 Å². The second kappa shape index (κ2) is 5.30. The molecule has 0 spiro atoms. The summed E-state index contributed by atoms with van der Waals surface area (Å²) in [5.41, 5.74) is 1.27. The van der Waals surface area contributed by atoms with Crippen LogP contribution in [0.15, 0.2) is 28.7 Å². The first-order chi connectivity index (χ1) is 7.66. The molecule has 88 valence electrons. The van der Waals surface area contributed by atoms with Crippen molar-refractivity contribution in [1.29, 1.82) is 0 Å². The number of aliphatic hydroxyl groups is 1. The minimum atomic E-state index is -0.169. The summed E-state index contributed by atoms with van der Waals surface area (Å²) in [7, 11) is 0. The normalized spacial score (nSPS) is 26.9. The zero-order valence-corrected chi connectivity index (χ0v) is 11.1. The molecule has 2 unspecified atom stereocenters. The number of hydrogen-bond acceptors (Lipinski definition) is 2. The fraction of sp³-hybridized carbons (Fsp3) is 0.538. The average molecular weight is 284 g/mol. The van der Waals surface area contributed by atoms with Gasteiger partial charge in [0.2, 0.25) is 0 Å². The minimum absolute atomic E-state index is 0.169.